The third kappa shape index (κ3) is 2.23. The molecule has 1 atom stereocenters. The van der Waals surface area contributed by atoms with E-state index in [4.69, 9.17) is 16.7 Å². The van der Waals surface area contributed by atoms with Gasteiger partial charge in [-0.25, -0.2) is 9.36 Å². The van der Waals surface area contributed by atoms with Gasteiger partial charge in [-0.1, -0.05) is 41.9 Å². The predicted octanol–water partition coefficient (Wildman–Crippen LogP) is 4.12. The summed E-state index contributed by atoms with van der Waals surface area (Å²) in [7, 11) is 0. The monoisotopic (exact) mass is 362 g/mol. The summed E-state index contributed by atoms with van der Waals surface area (Å²) in [6.07, 6.45) is 1.56. The van der Waals surface area contributed by atoms with Crippen molar-refractivity contribution in [3.05, 3.63) is 82.8 Å². The summed E-state index contributed by atoms with van der Waals surface area (Å²) >= 11 is 6.08. The zero-order valence-corrected chi connectivity index (χ0v) is 14.7. The van der Waals surface area contributed by atoms with Crippen LogP contribution in [0.1, 0.15) is 22.9 Å². The van der Waals surface area contributed by atoms with Crippen LogP contribution in [-0.2, 0) is 0 Å². The molecule has 0 bridgehead atoms. The van der Waals surface area contributed by atoms with Crippen molar-refractivity contribution >= 4 is 23.4 Å². The van der Waals surface area contributed by atoms with Crippen LogP contribution in [0.2, 0.25) is 5.02 Å². The molecule has 1 aliphatic heterocycles. The van der Waals surface area contributed by atoms with E-state index in [9.17, 15) is 0 Å². The molecule has 0 fully saturated rings. The fourth-order valence-corrected chi connectivity index (χ4v) is 3.58. The second-order valence-corrected chi connectivity index (χ2v) is 6.64. The molecule has 1 aliphatic rings. The molecule has 0 radical (unpaired) electrons. The maximum atomic E-state index is 6.08. The minimum absolute atomic E-state index is 0.113. The Morgan fingerprint density at radius 2 is 1.81 bits per heavy atom. The van der Waals surface area contributed by atoms with Gasteiger partial charge in [-0.2, -0.15) is 15.2 Å². The lowest BCUT2D eigenvalue weighted by Gasteiger charge is -2.26. The summed E-state index contributed by atoms with van der Waals surface area (Å²) in [5, 5.41) is 13.3. The zero-order valence-electron chi connectivity index (χ0n) is 14.0. The molecule has 6 nitrogen and oxygen atoms in total. The van der Waals surface area contributed by atoms with Gasteiger partial charge in [-0.05, 0) is 36.8 Å². The molecule has 1 N–H and O–H groups in total. The first-order valence-electron chi connectivity index (χ1n) is 8.29. The maximum absolute atomic E-state index is 6.08. The normalized spacial score (nSPS) is 15.2. The second kappa shape index (κ2) is 5.71. The Balaban J connectivity index is 1.75. The highest BCUT2D eigenvalue weighted by Gasteiger charge is 2.33. The Morgan fingerprint density at radius 1 is 1.04 bits per heavy atom. The van der Waals surface area contributed by atoms with Gasteiger partial charge in [-0.15, -0.1) is 0 Å². The summed E-state index contributed by atoms with van der Waals surface area (Å²) in [5.41, 5.74) is 4.10. The van der Waals surface area contributed by atoms with Crippen LogP contribution in [0.3, 0.4) is 0 Å². The molecule has 3 heterocycles. The van der Waals surface area contributed by atoms with Gasteiger partial charge in [0, 0.05) is 10.6 Å². The Labute approximate surface area is 155 Å². The van der Waals surface area contributed by atoms with E-state index in [0.29, 0.717) is 11.0 Å². The van der Waals surface area contributed by atoms with Crippen LogP contribution in [0.5, 0.6) is 0 Å². The molecule has 0 aliphatic carbocycles. The van der Waals surface area contributed by atoms with Crippen molar-refractivity contribution in [3.8, 4) is 5.69 Å². The zero-order chi connectivity index (χ0) is 17.7. The fraction of sp³-hybridized carbons (Fsp3) is 0.105. The van der Waals surface area contributed by atoms with Gasteiger partial charge < -0.3 is 5.32 Å². The lowest BCUT2D eigenvalue weighted by molar-refractivity contribution is 0.590. The molecule has 1 unspecified atom stereocenters. The van der Waals surface area contributed by atoms with Crippen molar-refractivity contribution in [2.75, 3.05) is 5.32 Å². The smallest absolute Gasteiger partial charge is 0.227 e. The Bertz CT molecular complexity index is 1080. The lowest BCUT2D eigenvalue weighted by Crippen LogP contribution is -2.23. The molecule has 0 saturated heterocycles. The minimum atomic E-state index is -0.113. The van der Waals surface area contributed by atoms with Gasteiger partial charge in [-0.3, -0.25) is 0 Å². The van der Waals surface area contributed by atoms with Gasteiger partial charge >= 0.3 is 0 Å². The number of hydrogen-bond donors (Lipinski definition) is 1. The van der Waals surface area contributed by atoms with Gasteiger partial charge in [0.1, 0.15) is 18.2 Å². The number of benzene rings is 2. The van der Waals surface area contributed by atoms with E-state index in [-0.39, 0.29) is 6.04 Å². The largest absolute Gasteiger partial charge is 0.309 e. The van der Waals surface area contributed by atoms with Crippen LogP contribution in [0.15, 0.2) is 60.9 Å². The summed E-state index contributed by atoms with van der Waals surface area (Å²) in [4.78, 5) is 4.37. The predicted molar refractivity (Wildman–Crippen MR) is 100 cm³/mol. The summed E-state index contributed by atoms with van der Waals surface area (Å²) in [6, 6.07) is 17.8. The highest BCUT2D eigenvalue weighted by molar-refractivity contribution is 6.30. The average molecular weight is 363 g/mol. The third-order valence-corrected chi connectivity index (χ3v) is 4.87. The summed E-state index contributed by atoms with van der Waals surface area (Å²) in [5.74, 6) is 1.60. The number of fused-ring (bicyclic) bond motifs is 2. The van der Waals surface area contributed by atoms with Gasteiger partial charge in [0.05, 0.1) is 11.4 Å². The van der Waals surface area contributed by atoms with Crippen molar-refractivity contribution < 1.29 is 0 Å². The first-order valence-corrected chi connectivity index (χ1v) is 8.67. The second-order valence-electron chi connectivity index (χ2n) is 6.20. The number of anilines is 2. The van der Waals surface area contributed by atoms with Crippen LogP contribution < -0.4 is 5.32 Å². The van der Waals surface area contributed by atoms with Crippen LogP contribution in [0.4, 0.5) is 11.8 Å². The number of rotatable bonds is 2. The van der Waals surface area contributed by atoms with Gasteiger partial charge in [0.25, 0.3) is 0 Å². The highest BCUT2D eigenvalue weighted by atomic mass is 35.5. The molecule has 0 saturated carbocycles. The van der Waals surface area contributed by atoms with E-state index >= 15 is 0 Å². The molecular weight excluding hydrogens is 348 g/mol. The van der Waals surface area contributed by atoms with E-state index in [1.165, 1.54) is 0 Å². The van der Waals surface area contributed by atoms with Crippen molar-refractivity contribution in [1.82, 2.24) is 24.5 Å². The van der Waals surface area contributed by atoms with Crippen LogP contribution in [-0.4, -0.2) is 24.5 Å². The SMILES string of the molecule is Cc1nn(-c2ccccc2)c2c1C(c1ccc(Cl)cc1)n1ncnc1N2. The number of aromatic nitrogens is 5. The van der Waals surface area contributed by atoms with Gasteiger partial charge in [0.2, 0.25) is 5.95 Å². The van der Waals surface area contributed by atoms with Crippen molar-refractivity contribution in [1.29, 1.82) is 0 Å². The van der Waals surface area contributed by atoms with Crippen molar-refractivity contribution in [2.45, 2.75) is 13.0 Å². The lowest BCUT2D eigenvalue weighted by atomic mass is 9.97. The van der Waals surface area contributed by atoms with E-state index in [1.807, 2.05) is 70.9 Å². The quantitative estimate of drug-likeness (QED) is 0.513. The molecule has 7 heteroatoms. The van der Waals surface area contributed by atoms with E-state index < -0.39 is 0 Å². The first kappa shape index (κ1) is 15.2. The Kier molecular flexibility index (Phi) is 3.33. The first-order chi connectivity index (χ1) is 12.7. The molecular formula is C19H15ClN6. The van der Waals surface area contributed by atoms with Crippen LogP contribution in [0, 0.1) is 6.92 Å². The number of nitrogens with one attached hydrogen (secondary N) is 1. The molecule has 5 rings (SSSR count). The Hall–Kier alpha value is -3.12. The van der Waals surface area contributed by atoms with Crippen LogP contribution >= 0.6 is 11.6 Å². The number of halogens is 1. The molecule has 2 aromatic heterocycles. The molecule has 4 aromatic rings. The molecule has 2 aromatic carbocycles. The molecule has 128 valence electrons. The van der Waals surface area contributed by atoms with Crippen LogP contribution in [0.25, 0.3) is 5.69 Å². The average Bonchev–Trinajstić information content (AvgIpc) is 3.26. The number of nitrogens with zero attached hydrogens (tertiary/aromatic N) is 5. The Morgan fingerprint density at radius 3 is 2.58 bits per heavy atom. The van der Waals surface area contributed by atoms with Crippen molar-refractivity contribution in [2.24, 2.45) is 0 Å². The fourth-order valence-electron chi connectivity index (χ4n) is 3.45. The van der Waals surface area contributed by atoms with E-state index in [0.717, 1.165) is 28.3 Å². The molecule has 0 amide bonds. The minimum Gasteiger partial charge on any atom is -0.309 e. The topological polar surface area (TPSA) is 60.6 Å². The van der Waals surface area contributed by atoms with Gasteiger partial charge in [0.15, 0.2) is 0 Å². The standard InChI is InChI=1S/C19H15ClN6/c1-12-16-17(13-7-9-14(20)10-8-13)26-19(21-11-22-26)23-18(16)25(24-12)15-5-3-2-4-6-15/h2-11,17H,1H3,(H,21,22,23). The third-order valence-electron chi connectivity index (χ3n) is 4.61. The molecule has 0 spiro atoms. The summed E-state index contributed by atoms with van der Waals surface area (Å²) < 4.78 is 3.81. The molecule has 26 heavy (non-hydrogen) atoms. The highest BCUT2D eigenvalue weighted by Crippen LogP contribution is 2.41. The maximum Gasteiger partial charge on any atom is 0.227 e. The van der Waals surface area contributed by atoms with E-state index in [1.54, 1.807) is 6.33 Å². The van der Waals surface area contributed by atoms with Crippen molar-refractivity contribution in [3.63, 3.8) is 0 Å². The number of aryl methyl sites for hydroxylation is 1. The van der Waals surface area contributed by atoms with E-state index in [2.05, 4.69) is 15.4 Å². The number of para-hydroxylation sites is 1. The number of hydrogen-bond acceptors (Lipinski definition) is 4. The summed E-state index contributed by atoms with van der Waals surface area (Å²) in [6.45, 7) is 2.02.